The van der Waals surface area contributed by atoms with Gasteiger partial charge in [-0.05, 0) is 36.2 Å². The summed E-state index contributed by atoms with van der Waals surface area (Å²) in [5.41, 5.74) is 1.41. The normalized spacial score (nSPS) is 19.2. The van der Waals surface area contributed by atoms with Gasteiger partial charge in [-0.25, -0.2) is 4.79 Å². The van der Waals surface area contributed by atoms with Crippen LogP contribution >= 0.6 is 0 Å². The van der Waals surface area contributed by atoms with E-state index < -0.39 is 12.1 Å². The van der Waals surface area contributed by atoms with Crippen molar-refractivity contribution in [3.63, 3.8) is 0 Å². The highest BCUT2D eigenvalue weighted by molar-refractivity contribution is 5.95. The van der Waals surface area contributed by atoms with E-state index in [2.05, 4.69) is 21.1 Å². The third-order valence-corrected chi connectivity index (χ3v) is 7.47. The van der Waals surface area contributed by atoms with Crippen molar-refractivity contribution in [2.45, 2.75) is 44.9 Å². The molecule has 0 radical (unpaired) electrons. The van der Waals surface area contributed by atoms with Crippen LogP contribution in [0.25, 0.3) is 0 Å². The van der Waals surface area contributed by atoms with Gasteiger partial charge in [-0.3, -0.25) is 9.59 Å². The van der Waals surface area contributed by atoms with E-state index in [1.165, 1.54) is 0 Å². The molecule has 2 aliphatic heterocycles. The van der Waals surface area contributed by atoms with Gasteiger partial charge in [0.1, 0.15) is 29.6 Å². The molecule has 1 fully saturated rings. The van der Waals surface area contributed by atoms with E-state index in [4.69, 9.17) is 23.5 Å². The fraction of sp³-hybridized carbons (Fsp3) is 0.438. The van der Waals surface area contributed by atoms with Gasteiger partial charge < -0.3 is 44.3 Å². The van der Waals surface area contributed by atoms with Gasteiger partial charge in [0.15, 0.2) is 5.69 Å². The molecule has 45 heavy (non-hydrogen) atoms. The second-order valence-corrected chi connectivity index (χ2v) is 11.2. The molecule has 2 atom stereocenters. The number of nitrogens with one attached hydrogen (secondary N) is 3. The summed E-state index contributed by atoms with van der Waals surface area (Å²) in [6.07, 6.45) is -0.0289. The molecule has 13 nitrogen and oxygen atoms in total. The molecule has 2 aliphatic rings. The molecule has 1 saturated heterocycles. The number of hydrogen-bond acceptors (Lipinski definition) is 9. The smallest absolute Gasteiger partial charge is 0.315 e. The molecule has 3 N–H and O–H groups in total. The van der Waals surface area contributed by atoms with Crippen molar-refractivity contribution in [2.75, 3.05) is 46.5 Å². The van der Waals surface area contributed by atoms with Crippen LogP contribution in [0.3, 0.4) is 0 Å². The van der Waals surface area contributed by atoms with Gasteiger partial charge in [0.25, 0.3) is 11.8 Å². The van der Waals surface area contributed by atoms with Gasteiger partial charge in [0, 0.05) is 56.9 Å². The highest BCUT2D eigenvalue weighted by Crippen LogP contribution is 2.29. The second kappa shape index (κ2) is 14.9. The van der Waals surface area contributed by atoms with Crippen molar-refractivity contribution in [1.82, 2.24) is 26.0 Å². The van der Waals surface area contributed by atoms with Crippen molar-refractivity contribution in [3.8, 4) is 17.2 Å². The van der Waals surface area contributed by atoms with Crippen LogP contribution in [0.4, 0.5) is 4.79 Å². The summed E-state index contributed by atoms with van der Waals surface area (Å²) >= 11 is 0. The van der Waals surface area contributed by atoms with E-state index in [1.807, 2.05) is 32.0 Å². The lowest BCUT2D eigenvalue weighted by molar-refractivity contribution is -0.0237. The highest BCUT2D eigenvalue weighted by Gasteiger charge is 2.34. The van der Waals surface area contributed by atoms with Gasteiger partial charge in [-0.1, -0.05) is 31.1 Å². The van der Waals surface area contributed by atoms with Gasteiger partial charge in [-0.2, -0.15) is 0 Å². The number of carbonyl (C=O) groups is 3. The SMILES string of the molecule is COCCOc1cc2cc(c1)C(=O)NCCNC(=O)N[C@H]1CCN(C(=O)c3cc(C(C)C)on3)C[C@@H]1OCc1cccc(c1)O2. The highest BCUT2D eigenvalue weighted by atomic mass is 16.5. The number of likely N-dealkylation sites (tertiary alicyclic amines) is 1. The Bertz CT molecular complexity index is 1490. The average Bonchev–Trinajstić information content (AvgIpc) is 3.53. The van der Waals surface area contributed by atoms with Crippen molar-refractivity contribution >= 4 is 17.8 Å². The van der Waals surface area contributed by atoms with Crippen LogP contribution in [0.2, 0.25) is 0 Å². The molecule has 4 amide bonds. The number of benzene rings is 2. The van der Waals surface area contributed by atoms with E-state index in [0.717, 1.165) is 5.56 Å². The van der Waals surface area contributed by atoms with Crippen LogP contribution in [0.1, 0.15) is 58.4 Å². The molecule has 0 saturated carbocycles. The summed E-state index contributed by atoms with van der Waals surface area (Å²) in [4.78, 5) is 40.8. The lowest BCUT2D eigenvalue weighted by Crippen LogP contribution is -2.58. The molecule has 3 heterocycles. The standard InChI is InChI=1S/C32H39N5O8/c1-20(2)28-17-27(36-45-28)31(39)37-10-7-26-29(18-37)43-19-21-5-4-6-23(13-21)44-25-15-22(14-24(16-25)42-12-11-41-3)30(38)33-8-9-34-32(40)35-26/h4-6,13-17,20,26,29H,7-12,18-19H2,1-3H3,(H,33,38)(H2,34,35,40)/t26-,29-/m0/s1. The predicted octanol–water partition coefficient (Wildman–Crippen LogP) is 3.46. The third kappa shape index (κ3) is 8.52. The van der Waals surface area contributed by atoms with Crippen LogP contribution in [0, 0.1) is 0 Å². The minimum Gasteiger partial charge on any atom is -0.491 e. The first-order valence-electron chi connectivity index (χ1n) is 15.0. The molecule has 0 unspecified atom stereocenters. The summed E-state index contributed by atoms with van der Waals surface area (Å²) in [5.74, 6) is 1.56. The number of nitrogens with zero attached hydrogens (tertiary/aromatic N) is 2. The molecule has 5 rings (SSSR count). The molecular formula is C32H39N5O8. The Labute approximate surface area is 261 Å². The van der Waals surface area contributed by atoms with Crippen LogP contribution in [0.15, 0.2) is 53.1 Å². The number of rotatable bonds is 6. The summed E-state index contributed by atoms with van der Waals surface area (Å²) in [5, 5.41) is 12.6. The number of carbonyl (C=O) groups excluding carboxylic acids is 3. The topological polar surface area (TPSA) is 153 Å². The number of hydrogen-bond donors (Lipinski definition) is 3. The lowest BCUT2D eigenvalue weighted by Gasteiger charge is -2.38. The summed E-state index contributed by atoms with van der Waals surface area (Å²) in [7, 11) is 1.58. The maximum Gasteiger partial charge on any atom is 0.315 e. The van der Waals surface area contributed by atoms with Gasteiger partial charge in [0.05, 0.1) is 25.4 Å². The van der Waals surface area contributed by atoms with Crippen LogP contribution in [0.5, 0.6) is 17.2 Å². The first kappa shape index (κ1) is 31.8. The Morgan fingerprint density at radius 2 is 1.91 bits per heavy atom. The minimum atomic E-state index is -0.503. The molecular weight excluding hydrogens is 582 g/mol. The van der Waals surface area contributed by atoms with Crippen molar-refractivity contribution in [1.29, 1.82) is 0 Å². The van der Waals surface area contributed by atoms with Gasteiger partial charge in [-0.15, -0.1) is 0 Å². The maximum atomic E-state index is 13.3. The summed E-state index contributed by atoms with van der Waals surface area (Å²) in [6, 6.07) is 13.3. The largest absolute Gasteiger partial charge is 0.491 e. The van der Waals surface area contributed by atoms with Crippen molar-refractivity contribution in [2.24, 2.45) is 0 Å². The Morgan fingerprint density at radius 3 is 2.71 bits per heavy atom. The number of aromatic nitrogens is 1. The summed E-state index contributed by atoms with van der Waals surface area (Å²) < 4.78 is 28.7. The monoisotopic (exact) mass is 621 g/mol. The second-order valence-electron chi connectivity index (χ2n) is 11.2. The Morgan fingerprint density at radius 1 is 1.07 bits per heavy atom. The van der Waals surface area contributed by atoms with E-state index in [1.54, 1.807) is 42.3 Å². The number of piperidine rings is 1. The first-order chi connectivity index (χ1) is 21.8. The van der Waals surface area contributed by atoms with Crippen molar-refractivity contribution in [3.05, 3.63) is 71.1 Å². The van der Waals surface area contributed by atoms with Crippen molar-refractivity contribution < 1.29 is 37.9 Å². The lowest BCUT2D eigenvalue weighted by atomic mass is 10.0. The molecule has 3 aromatic rings. The number of methoxy groups -OCH3 is 1. The molecule has 4 bridgehead atoms. The predicted molar refractivity (Wildman–Crippen MR) is 163 cm³/mol. The van der Waals surface area contributed by atoms with E-state index in [-0.39, 0.29) is 55.7 Å². The van der Waals surface area contributed by atoms with Crippen LogP contribution in [-0.2, 0) is 16.1 Å². The Hall–Kier alpha value is -4.62. The third-order valence-electron chi connectivity index (χ3n) is 7.47. The van der Waals surface area contributed by atoms with E-state index in [0.29, 0.717) is 54.8 Å². The Kier molecular flexibility index (Phi) is 10.5. The molecule has 240 valence electrons. The number of fused-ring (bicyclic) bond motifs is 5. The minimum absolute atomic E-state index is 0.103. The molecule has 0 aliphatic carbocycles. The molecule has 0 spiro atoms. The fourth-order valence-corrected chi connectivity index (χ4v) is 5.06. The Balaban J connectivity index is 1.36. The quantitative estimate of drug-likeness (QED) is 0.351. The zero-order valence-corrected chi connectivity index (χ0v) is 25.7. The van der Waals surface area contributed by atoms with Crippen LogP contribution in [-0.4, -0.2) is 86.6 Å². The maximum absolute atomic E-state index is 13.3. The van der Waals surface area contributed by atoms with Gasteiger partial charge >= 0.3 is 6.03 Å². The number of ether oxygens (including phenoxy) is 4. The van der Waals surface area contributed by atoms with Crippen LogP contribution < -0.4 is 25.4 Å². The molecule has 2 aromatic carbocycles. The first-order valence-corrected chi connectivity index (χ1v) is 15.0. The van der Waals surface area contributed by atoms with E-state index in [9.17, 15) is 14.4 Å². The zero-order valence-electron chi connectivity index (χ0n) is 25.7. The number of urea groups is 1. The number of amides is 4. The fourth-order valence-electron chi connectivity index (χ4n) is 5.06. The molecule has 1 aromatic heterocycles. The molecule has 13 heteroatoms. The van der Waals surface area contributed by atoms with Gasteiger partial charge in [0.2, 0.25) is 0 Å². The summed E-state index contributed by atoms with van der Waals surface area (Å²) in [6.45, 7) is 5.87. The zero-order chi connectivity index (χ0) is 31.8. The van der Waals surface area contributed by atoms with E-state index >= 15 is 0 Å². The average molecular weight is 622 g/mol.